The van der Waals surface area contributed by atoms with Gasteiger partial charge in [-0.25, -0.2) is 0 Å². The van der Waals surface area contributed by atoms with Gasteiger partial charge in [0.05, 0.1) is 13.2 Å². The van der Waals surface area contributed by atoms with Crippen molar-refractivity contribution in [3.63, 3.8) is 0 Å². The van der Waals surface area contributed by atoms with Crippen LogP contribution in [0, 0.1) is 0 Å². The van der Waals surface area contributed by atoms with E-state index in [1.807, 2.05) is 6.92 Å². The minimum Gasteiger partial charge on any atom is -0.394 e. The van der Waals surface area contributed by atoms with Gasteiger partial charge in [0.1, 0.15) is 0 Å². The number of aliphatic hydroxyl groups is 1. The molecule has 0 radical (unpaired) electrons. The molecule has 1 N–H and O–H groups in total. The van der Waals surface area contributed by atoms with Gasteiger partial charge in [-0.15, -0.1) is 6.58 Å². The highest BCUT2D eigenvalue weighted by Gasteiger charge is 1.77. The SMILES string of the molecule is C=CC.CCCOCCC.COCCO. The van der Waals surface area contributed by atoms with Gasteiger partial charge in [-0.1, -0.05) is 19.9 Å². The van der Waals surface area contributed by atoms with Crippen LogP contribution in [0.25, 0.3) is 0 Å². The van der Waals surface area contributed by atoms with Crippen molar-refractivity contribution < 1.29 is 14.6 Å². The number of hydrogen-bond donors (Lipinski definition) is 1. The molecule has 0 bridgehead atoms. The first kappa shape index (κ1) is 20.1. The highest BCUT2D eigenvalue weighted by molar-refractivity contribution is 4.51. The van der Waals surface area contributed by atoms with Gasteiger partial charge in [0.2, 0.25) is 0 Å². The lowest BCUT2D eigenvalue weighted by Gasteiger charge is -1.95. The van der Waals surface area contributed by atoms with Gasteiger partial charge < -0.3 is 14.6 Å². The molecule has 0 atom stereocenters. The quantitative estimate of drug-likeness (QED) is 0.552. The number of methoxy groups -OCH3 is 1. The Morgan fingerprint density at radius 3 is 1.67 bits per heavy atom. The minimum atomic E-state index is 0.122. The summed E-state index contributed by atoms with van der Waals surface area (Å²) in [6.45, 7) is 11.9. The normalized spacial score (nSPS) is 8.07. The van der Waals surface area contributed by atoms with Gasteiger partial charge in [-0.05, 0) is 19.8 Å². The van der Waals surface area contributed by atoms with E-state index >= 15 is 0 Å². The lowest BCUT2D eigenvalue weighted by Crippen LogP contribution is -1.92. The molecule has 0 spiro atoms. The zero-order valence-electron chi connectivity index (χ0n) is 10.8. The standard InChI is InChI=1S/C6H14O.C3H8O2.C3H6/c1-3-5-7-6-4-2;1-5-3-2-4;1-3-2/h3-6H2,1-2H3;4H,2-3H2,1H3;3H,1H2,2H3. The smallest absolute Gasteiger partial charge is 0.0693 e. The van der Waals surface area contributed by atoms with E-state index in [0.29, 0.717) is 6.61 Å². The fourth-order valence-electron chi connectivity index (χ4n) is 0.482. The molecule has 0 unspecified atom stereocenters. The molecule has 3 nitrogen and oxygen atoms in total. The highest BCUT2D eigenvalue weighted by Crippen LogP contribution is 1.81. The maximum atomic E-state index is 7.94. The Balaban J connectivity index is -0.000000158. The van der Waals surface area contributed by atoms with Gasteiger partial charge in [-0.3, -0.25) is 0 Å². The van der Waals surface area contributed by atoms with Crippen LogP contribution in [0.3, 0.4) is 0 Å². The van der Waals surface area contributed by atoms with Crippen molar-refractivity contribution in [2.45, 2.75) is 33.6 Å². The summed E-state index contributed by atoms with van der Waals surface area (Å²) in [5, 5.41) is 7.94. The second-order valence-corrected chi connectivity index (χ2v) is 2.74. The monoisotopic (exact) mass is 220 g/mol. The topological polar surface area (TPSA) is 38.7 Å². The summed E-state index contributed by atoms with van der Waals surface area (Å²) in [5.41, 5.74) is 0. The molecule has 0 amide bonds. The Morgan fingerprint density at radius 1 is 1.13 bits per heavy atom. The van der Waals surface area contributed by atoms with Crippen LogP contribution < -0.4 is 0 Å². The van der Waals surface area contributed by atoms with E-state index in [0.717, 1.165) is 26.1 Å². The van der Waals surface area contributed by atoms with E-state index in [2.05, 4.69) is 25.2 Å². The lowest BCUT2D eigenvalue weighted by molar-refractivity contribution is 0.135. The number of aliphatic hydroxyl groups excluding tert-OH is 1. The number of ether oxygens (including phenoxy) is 2. The summed E-state index contributed by atoms with van der Waals surface area (Å²) in [4.78, 5) is 0. The number of rotatable bonds is 6. The summed E-state index contributed by atoms with van der Waals surface area (Å²) in [5.74, 6) is 0. The van der Waals surface area contributed by atoms with Crippen LogP contribution in [0.5, 0.6) is 0 Å². The molecule has 94 valence electrons. The molecule has 0 aliphatic carbocycles. The van der Waals surface area contributed by atoms with Gasteiger partial charge in [0.15, 0.2) is 0 Å². The summed E-state index contributed by atoms with van der Waals surface area (Å²) in [6, 6.07) is 0. The van der Waals surface area contributed by atoms with Crippen LogP contribution in [0.1, 0.15) is 33.6 Å². The predicted octanol–water partition coefficient (Wildman–Crippen LogP) is 2.64. The lowest BCUT2D eigenvalue weighted by atomic mass is 10.5. The summed E-state index contributed by atoms with van der Waals surface area (Å²) in [7, 11) is 1.55. The first-order chi connectivity index (χ1) is 7.24. The maximum Gasteiger partial charge on any atom is 0.0693 e. The summed E-state index contributed by atoms with van der Waals surface area (Å²) >= 11 is 0. The van der Waals surface area contributed by atoms with Crippen molar-refractivity contribution >= 4 is 0 Å². The third-order valence-electron chi connectivity index (χ3n) is 0.992. The van der Waals surface area contributed by atoms with E-state index in [-0.39, 0.29) is 6.61 Å². The van der Waals surface area contributed by atoms with Gasteiger partial charge in [0.25, 0.3) is 0 Å². The van der Waals surface area contributed by atoms with Crippen molar-refractivity contribution in [1.29, 1.82) is 0 Å². The molecule has 0 aliphatic heterocycles. The zero-order chi connectivity index (χ0) is 12.4. The molecule has 3 heteroatoms. The van der Waals surface area contributed by atoms with Crippen molar-refractivity contribution in [2.75, 3.05) is 33.5 Å². The van der Waals surface area contributed by atoms with Crippen LogP contribution in [-0.4, -0.2) is 38.6 Å². The molecule has 0 saturated carbocycles. The third kappa shape index (κ3) is 58.2. The Hall–Kier alpha value is -0.380. The molecule has 0 fully saturated rings. The van der Waals surface area contributed by atoms with Crippen LogP contribution in [-0.2, 0) is 9.47 Å². The second-order valence-electron chi connectivity index (χ2n) is 2.74. The molecule has 0 heterocycles. The van der Waals surface area contributed by atoms with Crippen molar-refractivity contribution in [3.05, 3.63) is 12.7 Å². The molecular weight excluding hydrogens is 192 g/mol. The van der Waals surface area contributed by atoms with E-state index in [9.17, 15) is 0 Å². The Kier molecular flexibility index (Phi) is 39.1. The average Bonchev–Trinajstić information content (AvgIpc) is 2.22. The Labute approximate surface area is 95.1 Å². The largest absolute Gasteiger partial charge is 0.394 e. The van der Waals surface area contributed by atoms with E-state index in [1.165, 1.54) is 0 Å². The zero-order valence-corrected chi connectivity index (χ0v) is 10.8. The molecule has 0 aromatic rings. The van der Waals surface area contributed by atoms with Crippen molar-refractivity contribution in [3.8, 4) is 0 Å². The Morgan fingerprint density at radius 2 is 1.53 bits per heavy atom. The third-order valence-corrected chi connectivity index (χ3v) is 0.992. The highest BCUT2D eigenvalue weighted by atomic mass is 16.5. The molecule has 0 saturated heterocycles. The second kappa shape index (κ2) is 29.2. The predicted molar refractivity (Wildman–Crippen MR) is 66.2 cm³/mol. The molecule has 0 aromatic heterocycles. The maximum absolute atomic E-state index is 7.94. The first-order valence-electron chi connectivity index (χ1n) is 5.49. The van der Waals surface area contributed by atoms with E-state index in [1.54, 1.807) is 13.2 Å². The van der Waals surface area contributed by atoms with Crippen LogP contribution in [0.4, 0.5) is 0 Å². The Bertz CT molecular complexity index is 78.9. The number of allylic oxidation sites excluding steroid dienone is 1. The molecule has 0 rings (SSSR count). The molecule has 0 aliphatic rings. The minimum absolute atomic E-state index is 0.122. The molecule has 15 heavy (non-hydrogen) atoms. The molecular formula is C12H28O3. The fourth-order valence-corrected chi connectivity index (χ4v) is 0.482. The van der Waals surface area contributed by atoms with Crippen LogP contribution in [0.2, 0.25) is 0 Å². The summed E-state index contributed by atoms with van der Waals surface area (Å²) in [6.07, 6.45) is 4.03. The van der Waals surface area contributed by atoms with Crippen LogP contribution >= 0.6 is 0 Å². The molecule has 0 aromatic carbocycles. The van der Waals surface area contributed by atoms with Gasteiger partial charge >= 0.3 is 0 Å². The first-order valence-corrected chi connectivity index (χ1v) is 5.49. The van der Waals surface area contributed by atoms with E-state index < -0.39 is 0 Å². The van der Waals surface area contributed by atoms with Gasteiger partial charge in [-0.2, -0.15) is 0 Å². The van der Waals surface area contributed by atoms with Crippen molar-refractivity contribution in [1.82, 2.24) is 0 Å². The summed E-state index contributed by atoms with van der Waals surface area (Å²) < 4.78 is 9.57. The van der Waals surface area contributed by atoms with Crippen molar-refractivity contribution in [2.24, 2.45) is 0 Å². The fraction of sp³-hybridized carbons (Fsp3) is 0.833. The van der Waals surface area contributed by atoms with Crippen LogP contribution in [0.15, 0.2) is 12.7 Å². The average molecular weight is 220 g/mol. The van der Waals surface area contributed by atoms with E-state index in [4.69, 9.17) is 9.84 Å². The van der Waals surface area contributed by atoms with Gasteiger partial charge in [0, 0.05) is 20.3 Å². The number of hydrogen-bond acceptors (Lipinski definition) is 3.